The lowest BCUT2D eigenvalue weighted by Gasteiger charge is -2.26. The van der Waals surface area contributed by atoms with Crippen LogP contribution in [0.3, 0.4) is 0 Å². The zero-order valence-corrected chi connectivity index (χ0v) is 14.5. The Morgan fingerprint density at radius 2 is 1.77 bits per heavy atom. The normalized spacial score (nSPS) is 12.0. The fourth-order valence-corrected chi connectivity index (χ4v) is 2.14. The molecule has 1 unspecified atom stereocenters. The molecule has 1 amide bonds. The van der Waals surface area contributed by atoms with Gasteiger partial charge in [0.15, 0.2) is 6.10 Å². The van der Waals surface area contributed by atoms with Gasteiger partial charge < -0.3 is 19.1 Å². The van der Waals surface area contributed by atoms with Crippen LogP contribution < -0.4 is 4.74 Å². The summed E-state index contributed by atoms with van der Waals surface area (Å²) >= 11 is 12.0. The molecule has 0 fully saturated rings. The van der Waals surface area contributed by atoms with Gasteiger partial charge in [0.1, 0.15) is 10.8 Å². The number of hydrogen-bond donors (Lipinski definition) is 0. The van der Waals surface area contributed by atoms with Crippen LogP contribution in [0.4, 0.5) is 0 Å². The van der Waals surface area contributed by atoms with Crippen LogP contribution in [-0.4, -0.2) is 57.4 Å². The van der Waals surface area contributed by atoms with Crippen molar-refractivity contribution in [2.75, 3.05) is 40.5 Å². The second-order valence-corrected chi connectivity index (χ2v) is 5.41. The minimum absolute atomic E-state index is 0.162. The Labute approximate surface area is 141 Å². The topological polar surface area (TPSA) is 48.0 Å². The summed E-state index contributed by atoms with van der Waals surface area (Å²) in [6.07, 6.45) is -0.690. The standard InChI is InChI=1S/C15H21Cl2NO4/c1-11(22-13-6-4-5-12(16)14(13)17)15(19)18(7-9-20-2)8-10-21-3/h4-6,11H,7-10H2,1-3H3. The first-order valence-corrected chi connectivity index (χ1v) is 7.64. The molecular formula is C15H21Cl2NO4. The molecule has 1 aromatic carbocycles. The quantitative estimate of drug-likeness (QED) is 0.687. The summed E-state index contributed by atoms with van der Waals surface area (Å²) in [7, 11) is 3.18. The van der Waals surface area contributed by atoms with E-state index in [0.29, 0.717) is 42.1 Å². The number of benzene rings is 1. The Hall–Kier alpha value is -1.01. The van der Waals surface area contributed by atoms with Gasteiger partial charge in [0.25, 0.3) is 5.91 Å². The molecule has 1 atom stereocenters. The van der Waals surface area contributed by atoms with Crippen molar-refractivity contribution in [3.8, 4) is 5.75 Å². The van der Waals surface area contributed by atoms with Crippen LogP contribution in [-0.2, 0) is 14.3 Å². The minimum atomic E-state index is -0.690. The molecule has 1 rings (SSSR count). The van der Waals surface area contributed by atoms with Crippen LogP contribution in [0.1, 0.15) is 6.92 Å². The lowest BCUT2D eigenvalue weighted by Crippen LogP contribution is -2.43. The number of carbonyl (C=O) groups is 1. The molecule has 124 valence electrons. The highest BCUT2D eigenvalue weighted by molar-refractivity contribution is 6.42. The van der Waals surface area contributed by atoms with Crippen molar-refractivity contribution in [2.24, 2.45) is 0 Å². The third-order valence-corrected chi connectivity index (χ3v) is 3.81. The van der Waals surface area contributed by atoms with E-state index in [2.05, 4.69) is 0 Å². The predicted molar refractivity (Wildman–Crippen MR) is 86.9 cm³/mol. The molecule has 5 nitrogen and oxygen atoms in total. The fraction of sp³-hybridized carbons (Fsp3) is 0.533. The van der Waals surface area contributed by atoms with Crippen LogP contribution >= 0.6 is 23.2 Å². The van der Waals surface area contributed by atoms with E-state index in [4.69, 9.17) is 37.4 Å². The average Bonchev–Trinajstić information content (AvgIpc) is 2.51. The van der Waals surface area contributed by atoms with Gasteiger partial charge in [-0.25, -0.2) is 0 Å². The summed E-state index contributed by atoms with van der Waals surface area (Å²) in [5, 5.41) is 0.679. The second kappa shape index (κ2) is 9.90. The first kappa shape index (κ1) is 19.0. The number of carbonyl (C=O) groups excluding carboxylic acids is 1. The number of methoxy groups -OCH3 is 2. The van der Waals surface area contributed by atoms with Crippen molar-refractivity contribution < 1.29 is 19.0 Å². The van der Waals surface area contributed by atoms with Crippen molar-refractivity contribution in [3.63, 3.8) is 0 Å². The Kier molecular flexibility index (Phi) is 8.56. The Bertz CT molecular complexity index is 477. The van der Waals surface area contributed by atoms with Gasteiger partial charge in [-0.1, -0.05) is 29.3 Å². The average molecular weight is 350 g/mol. The molecule has 0 aliphatic carbocycles. The highest BCUT2D eigenvalue weighted by atomic mass is 35.5. The molecule has 0 radical (unpaired) electrons. The van der Waals surface area contributed by atoms with E-state index in [9.17, 15) is 4.79 Å². The van der Waals surface area contributed by atoms with Crippen LogP contribution in [0.25, 0.3) is 0 Å². The lowest BCUT2D eigenvalue weighted by atomic mass is 10.3. The number of nitrogens with zero attached hydrogens (tertiary/aromatic N) is 1. The molecule has 0 bridgehead atoms. The van der Waals surface area contributed by atoms with Crippen LogP contribution in [0, 0.1) is 0 Å². The highest BCUT2D eigenvalue weighted by Gasteiger charge is 2.22. The fourth-order valence-electron chi connectivity index (χ4n) is 1.81. The first-order chi connectivity index (χ1) is 10.5. The summed E-state index contributed by atoms with van der Waals surface area (Å²) in [5.74, 6) is 0.221. The van der Waals surface area contributed by atoms with Crippen molar-refractivity contribution in [1.29, 1.82) is 0 Å². The molecule has 0 aromatic heterocycles. The van der Waals surface area contributed by atoms with E-state index in [1.165, 1.54) is 0 Å². The number of rotatable bonds is 9. The van der Waals surface area contributed by atoms with Gasteiger partial charge in [-0.15, -0.1) is 0 Å². The van der Waals surface area contributed by atoms with Gasteiger partial charge in [0.05, 0.1) is 18.2 Å². The van der Waals surface area contributed by atoms with Crippen molar-refractivity contribution in [3.05, 3.63) is 28.2 Å². The minimum Gasteiger partial charge on any atom is -0.479 e. The van der Waals surface area contributed by atoms with Crippen molar-refractivity contribution in [1.82, 2.24) is 4.90 Å². The smallest absolute Gasteiger partial charge is 0.263 e. The maximum atomic E-state index is 12.5. The molecule has 0 saturated carbocycles. The SMILES string of the molecule is COCCN(CCOC)C(=O)C(C)Oc1cccc(Cl)c1Cl. The van der Waals surface area contributed by atoms with Gasteiger partial charge in [-0.2, -0.15) is 0 Å². The molecule has 1 aromatic rings. The van der Waals surface area contributed by atoms with E-state index >= 15 is 0 Å². The zero-order chi connectivity index (χ0) is 16.5. The van der Waals surface area contributed by atoms with Crippen molar-refractivity contribution >= 4 is 29.1 Å². The van der Waals surface area contributed by atoms with Gasteiger partial charge >= 0.3 is 0 Å². The van der Waals surface area contributed by atoms with Crippen molar-refractivity contribution in [2.45, 2.75) is 13.0 Å². The maximum Gasteiger partial charge on any atom is 0.263 e. The van der Waals surface area contributed by atoms with Gasteiger partial charge in [0, 0.05) is 27.3 Å². The molecule has 22 heavy (non-hydrogen) atoms. The van der Waals surface area contributed by atoms with Crippen LogP contribution in [0.5, 0.6) is 5.75 Å². The van der Waals surface area contributed by atoms with Gasteiger partial charge in [0.2, 0.25) is 0 Å². The third kappa shape index (κ3) is 5.65. The monoisotopic (exact) mass is 349 g/mol. The van der Waals surface area contributed by atoms with E-state index < -0.39 is 6.10 Å². The third-order valence-electron chi connectivity index (χ3n) is 3.01. The maximum absolute atomic E-state index is 12.5. The number of amides is 1. The second-order valence-electron chi connectivity index (χ2n) is 4.62. The van der Waals surface area contributed by atoms with Gasteiger partial charge in [-0.3, -0.25) is 4.79 Å². The Morgan fingerprint density at radius 3 is 2.32 bits per heavy atom. The van der Waals surface area contributed by atoms with E-state index in [1.54, 1.807) is 44.2 Å². The molecule has 0 spiro atoms. The lowest BCUT2D eigenvalue weighted by molar-refractivity contribution is -0.139. The predicted octanol–water partition coefficient (Wildman–Crippen LogP) is 2.88. The zero-order valence-electron chi connectivity index (χ0n) is 13.0. The van der Waals surface area contributed by atoms with E-state index in [1.807, 2.05) is 0 Å². The number of hydrogen-bond acceptors (Lipinski definition) is 4. The van der Waals surface area contributed by atoms with Gasteiger partial charge in [-0.05, 0) is 19.1 Å². The van der Waals surface area contributed by atoms with E-state index in [-0.39, 0.29) is 5.91 Å². The largest absolute Gasteiger partial charge is 0.479 e. The number of ether oxygens (including phenoxy) is 3. The number of halogens is 2. The summed E-state index contributed by atoms with van der Waals surface area (Å²) in [6.45, 7) is 3.50. The molecule has 0 aliphatic heterocycles. The van der Waals surface area contributed by atoms with Crippen LogP contribution in [0.2, 0.25) is 10.0 Å². The van der Waals surface area contributed by atoms with Crippen LogP contribution in [0.15, 0.2) is 18.2 Å². The molecule has 0 N–H and O–H groups in total. The summed E-state index contributed by atoms with van der Waals surface area (Å²) in [6, 6.07) is 5.05. The Balaban J connectivity index is 2.73. The molecule has 0 heterocycles. The molecular weight excluding hydrogens is 329 g/mol. The summed E-state index contributed by atoms with van der Waals surface area (Å²) in [5.41, 5.74) is 0. The highest BCUT2D eigenvalue weighted by Crippen LogP contribution is 2.32. The van der Waals surface area contributed by atoms with E-state index in [0.717, 1.165) is 0 Å². The summed E-state index contributed by atoms with van der Waals surface area (Å²) < 4.78 is 15.7. The molecule has 7 heteroatoms. The molecule has 0 aliphatic rings. The summed E-state index contributed by atoms with van der Waals surface area (Å²) in [4.78, 5) is 14.1. The first-order valence-electron chi connectivity index (χ1n) is 6.88. The molecule has 0 saturated heterocycles. The Morgan fingerprint density at radius 1 is 1.18 bits per heavy atom.